The fraction of sp³-hybridized carbons (Fsp3) is 0.263. The van der Waals surface area contributed by atoms with Crippen molar-refractivity contribution < 1.29 is 23.8 Å². The second-order valence-corrected chi connectivity index (χ2v) is 6.79. The Bertz CT molecular complexity index is 931. The van der Waals surface area contributed by atoms with Gasteiger partial charge in [0, 0.05) is 5.56 Å². The number of carboxylic acids is 1. The first kappa shape index (κ1) is 17.6. The summed E-state index contributed by atoms with van der Waals surface area (Å²) in [6, 6.07) is 7.27. The van der Waals surface area contributed by atoms with Gasteiger partial charge in [-0.2, -0.15) is 0 Å². The summed E-state index contributed by atoms with van der Waals surface area (Å²) in [5.41, 5.74) is 2.05. The molecule has 134 valence electrons. The van der Waals surface area contributed by atoms with E-state index in [1.54, 1.807) is 32.9 Å². The minimum absolute atomic E-state index is 0.219. The Kier molecular flexibility index (Phi) is 4.46. The second kappa shape index (κ2) is 6.59. The zero-order chi connectivity index (χ0) is 18.9. The molecular weight excluding hydrogens is 336 g/mol. The number of carbonyl (C=O) groups is 2. The second-order valence-electron chi connectivity index (χ2n) is 6.79. The van der Waals surface area contributed by atoms with Gasteiger partial charge in [-0.3, -0.25) is 4.99 Å². The molecule has 0 saturated heterocycles. The quantitative estimate of drug-likeness (QED) is 0.846. The molecular formula is C19H18N2O5. The lowest BCUT2D eigenvalue weighted by molar-refractivity contribution is -0.146. The molecule has 1 aromatic heterocycles. The Morgan fingerprint density at radius 3 is 2.62 bits per heavy atom. The predicted molar refractivity (Wildman–Crippen MR) is 95.0 cm³/mol. The molecule has 2 heterocycles. The van der Waals surface area contributed by atoms with Crippen molar-refractivity contribution in [1.82, 2.24) is 4.98 Å². The van der Waals surface area contributed by atoms with Crippen LogP contribution in [0.1, 0.15) is 36.9 Å². The van der Waals surface area contributed by atoms with E-state index in [9.17, 15) is 9.59 Å². The normalized spacial score (nSPS) is 14.0. The lowest BCUT2D eigenvalue weighted by Gasteiger charge is -2.18. The van der Waals surface area contributed by atoms with E-state index < -0.39 is 17.5 Å². The maximum absolute atomic E-state index is 12.1. The summed E-state index contributed by atoms with van der Waals surface area (Å²) in [7, 11) is 0. The maximum atomic E-state index is 12.1. The molecule has 0 atom stereocenters. The molecule has 7 nitrogen and oxygen atoms in total. The summed E-state index contributed by atoms with van der Waals surface area (Å²) in [5, 5.41) is 8.93. The van der Waals surface area contributed by atoms with Crippen LogP contribution in [0.25, 0.3) is 17.0 Å². The van der Waals surface area contributed by atoms with E-state index in [0.29, 0.717) is 12.1 Å². The Labute approximate surface area is 150 Å². The third kappa shape index (κ3) is 3.88. The monoisotopic (exact) mass is 354 g/mol. The highest BCUT2D eigenvalue weighted by Gasteiger charge is 2.23. The van der Waals surface area contributed by atoms with Crippen molar-refractivity contribution in [3.8, 4) is 11.5 Å². The van der Waals surface area contributed by atoms with Crippen LogP contribution in [0.5, 0.6) is 0 Å². The van der Waals surface area contributed by atoms with Gasteiger partial charge in [0.15, 0.2) is 0 Å². The number of aliphatic imine (C=N–C) groups is 1. The van der Waals surface area contributed by atoms with Gasteiger partial charge in [0.05, 0.1) is 12.7 Å². The zero-order valence-corrected chi connectivity index (χ0v) is 14.6. The Hall–Kier alpha value is -3.22. The lowest BCUT2D eigenvalue weighted by atomic mass is 10.0. The Morgan fingerprint density at radius 2 is 1.96 bits per heavy atom. The van der Waals surface area contributed by atoms with Gasteiger partial charge < -0.3 is 14.3 Å². The summed E-state index contributed by atoms with van der Waals surface area (Å²) < 4.78 is 10.6. The van der Waals surface area contributed by atoms with Crippen LogP contribution < -0.4 is 0 Å². The number of nitrogens with zero attached hydrogens (tertiary/aromatic N) is 2. The highest BCUT2D eigenvalue weighted by Crippen LogP contribution is 2.26. The van der Waals surface area contributed by atoms with Gasteiger partial charge >= 0.3 is 11.9 Å². The third-order valence-electron chi connectivity index (χ3n) is 3.54. The summed E-state index contributed by atoms with van der Waals surface area (Å²) >= 11 is 0. The Morgan fingerprint density at radius 1 is 1.23 bits per heavy atom. The number of aromatic nitrogens is 1. The molecule has 1 N–H and O–H groups in total. The van der Waals surface area contributed by atoms with Gasteiger partial charge in [0.25, 0.3) is 0 Å². The first-order valence-electron chi connectivity index (χ1n) is 8.01. The largest absolute Gasteiger partial charge is 0.475 e. The molecule has 0 saturated carbocycles. The van der Waals surface area contributed by atoms with Crippen molar-refractivity contribution >= 4 is 23.2 Å². The summed E-state index contributed by atoms with van der Waals surface area (Å²) in [4.78, 5) is 31.3. The molecule has 7 heteroatoms. The molecule has 2 aromatic rings. The minimum Gasteiger partial charge on any atom is -0.475 e. The van der Waals surface area contributed by atoms with Crippen molar-refractivity contribution in [3.63, 3.8) is 0 Å². The number of benzene rings is 1. The van der Waals surface area contributed by atoms with Crippen molar-refractivity contribution in [3.05, 3.63) is 47.9 Å². The van der Waals surface area contributed by atoms with Crippen LogP contribution in [0, 0.1) is 0 Å². The standard InChI is InChI=1S/C19H18N2O5/c1-19(2,3)26-18(24)14-8-13(9-20-14)11-5-4-6-12(7-11)16-21-10-15(25-16)17(22)23/h4-8,10H,9H2,1-3H3,(H,22,23). The average molecular weight is 354 g/mol. The number of oxazole rings is 1. The van der Waals surface area contributed by atoms with Crippen LogP contribution in [0.4, 0.5) is 0 Å². The molecule has 0 spiro atoms. The van der Waals surface area contributed by atoms with Crippen LogP contribution in [0.15, 0.2) is 45.9 Å². The predicted octanol–water partition coefficient (Wildman–Crippen LogP) is 3.22. The fourth-order valence-corrected chi connectivity index (χ4v) is 2.41. The van der Waals surface area contributed by atoms with Gasteiger partial charge in [-0.15, -0.1) is 0 Å². The first-order valence-corrected chi connectivity index (χ1v) is 8.01. The summed E-state index contributed by atoms with van der Waals surface area (Å²) in [5.74, 6) is -1.63. The minimum atomic E-state index is -1.17. The number of carbonyl (C=O) groups excluding carboxylic acids is 1. The number of ether oxygens (including phenoxy) is 1. The van der Waals surface area contributed by atoms with Crippen LogP contribution >= 0.6 is 0 Å². The van der Waals surface area contributed by atoms with Crippen molar-refractivity contribution in [2.45, 2.75) is 26.4 Å². The summed E-state index contributed by atoms with van der Waals surface area (Å²) in [6.45, 7) is 5.77. The highest BCUT2D eigenvalue weighted by atomic mass is 16.6. The number of esters is 1. The van der Waals surface area contributed by atoms with E-state index in [1.165, 1.54) is 6.20 Å². The lowest BCUT2D eigenvalue weighted by Crippen LogP contribution is -2.27. The van der Waals surface area contributed by atoms with Gasteiger partial charge in [-0.1, -0.05) is 12.1 Å². The van der Waals surface area contributed by atoms with Crippen LogP contribution in [-0.2, 0) is 9.53 Å². The van der Waals surface area contributed by atoms with Crippen LogP contribution in [-0.4, -0.2) is 39.9 Å². The molecule has 0 aliphatic carbocycles. The van der Waals surface area contributed by atoms with Gasteiger partial charge in [0.1, 0.15) is 11.3 Å². The first-order chi connectivity index (χ1) is 12.2. The number of carboxylic acid groups (broad SMARTS) is 1. The van der Waals surface area contributed by atoms with Crippen molar-refractivity contribution in [1.29, 1.82) is 0 Å². The molecule has 0 amide bonds. The number of aromatic carboxylic acids is 1. The third-order valence-corrected chi connectivity index (χ3v) is 3.54. The molecule has 0 unspecified atom stereocenters. The van der Waals surface area contributed by atoms with E-state index in [1.807, 2.05) is 18.2 Å². The van der Waals surface area contributed by atoms with Crippen LogP contribution in [0.2, 0.25) is 0 Å². The van der Waals surface area contributed by atoms with Crippen molar-refractivity contribution in [2.75, 3.05) is 6.54 Å². The molecule has 0 bridgehead atoms. The number of hydrogen-bond acceptors (Lipinski definition) is 6. The number of rotatable bonds is 4. The Balaban J connectivity index is 1.82. The van der Waals surface area contributed by atoms with Crippen molar-refractivity contribution in [2.24, 2.45) is 4.99 Å². The van der Waals surface area contributed by atoms with E-state index in [2.05, 4.69) is 9.98 Å². The molecule has 1 aromatic carbocycles. The molecule has 0 fully saturated rings. The number of hydrogen-bond donors (Lipinski definition) is 1. The van der Waals surface area contributed by atoms with E-state index in [0.717, 1.165) is 11.1 Å². The van der Waals surface area contributed by atoms with Gasteiger partial charge in [0.2, 0.25) is 11.7 Å². The maximum Gasteiger partial charge on any atom is 0.373 e. The van der Waals surface area contributed by atoms with Crippen LogP contribution in [0.3, 0.4) is 0 Å². The molecule has 1 aliphatic rings. The van der Waals surface area contributed by atoms with Gasteiger partial charge in [-0.05, 0) is 50.1 Å². The average Bonchev–Trinajstić information content (AvgIpc) is 3.23. The summed E-state index contributed by atoms with van der Waals surface area (Å²) in [6.07, 6.45) is 2.87. The fourth-order valence-electron chi connectivity index (χ4n) is 2.41. The van der Waals surface area contributed by atoms with E-state index in [4.69, 9.17) is 14.3 Å². The smallest absolute Gasteiger partial charge is 0.373 e. The highest BCUT2D eigenvalue weighted by molar-refractivity contribution is 6.43. The molecule has 0 radical (unpaired) electrons. The SMILES string of the molecule is CC(C)(C)OC(=O)C1=NCC(c2cccc(-c3ncc(C(=O)O)o3)c2)=C1. The molecule has 1 aliphatic heterocycles. The van der Waals surface area contributed by atoms with Gasteiger partial charge in [-0.25, -0.2) is 14.6 Å². The van der Waals surface area contributed by atoms with E-state index in [-0.39, 0.29) is 17.4 Å². The molecule has 26 heavy (non-hydrogen) atoms. The topological polar surface area (TPSA) is 102 Å². The zero-order valence-electron chi connectivity index (χ0n) is 14.6. The molecule has 3 rings (SSSR count). The van der Waals surface area contributed by atoms with E-state index >= 15 is 0 Å².